The SMILES string of the molecule is CN1C2CCC1CN(S(=O)(=O)c1ccnc(Cl)c1)CC2. The first-order chi connectivity index (χ1) is 9.48. The normalized spacial score (nSPS) is 28.5. The molecule has 0 amide bonds. The molecule has 0 aromatic carbocycles. The van der Waals surface area contributed by atoms with Crippen molar-refractivity contribution in [2.75, 3.05) is 20.1 Å². The molecule has 2 aliphatic heterocycles. The average molecular weight is 316 g/mol. The minimum Gasteiger partial charge on any atom is -0.299 e. The highest BCUT2D eigenvalue weighted by Gasteiger charge is 2.38. The Morgan fingerprint density at radius 2 is 2.05 bits per heavy atom. The van der Waals surface area contributed by atoms with Gasteiger partial charge in [0.25, 0.3) is 0 Å². The molecule has 0 radical (unpaired) electrons. The van der Waals surface area contributed by atoms with Crippen molar-refractivity contribution in [1.29, 1.82) is 0 Å². The van der Waals surface area contributed by atoms with Crippen LogP contribution in [0.1, 0.15) is 19.3 Å². The van der Waals surface area contributed by atoms with Crippen molar-refractivity contribution in [3.8, 4) is 0 Å². The largest absolute Gasteiger partial charge is 0.299 e. The first kappa shape index (κ1) is 14.3. The van der Waals surface area contributed by atoms with Gasteiger partial charge in [0.1, 0.15) is 5.15 Å². The molecule has 2 fully saturated rings. The second kappa shape index (κ2) is 5.26. The van der Waals surface area contributed by atoms with Crippen molar-refractivity contribution < 1.29 is 8.42 Å². The maximum atomic E-state index is 12.7. The highest BCUT2D eigenvalue weighted by Crippen LogP contribution is 2.31. The van der Waals surface area contributed by atoms with E-state index < -0.39 is 10.0 Å². The van der Waals surface area contributed by atoms with Crippen LogP contribution in [0, 0.1) is 0 Å². The predicted molar refractivity (Wildman–Crippen MR) is 77.2 cm³/mol. The lowest BCUT2D eigenvalue weighted by Crippen LogP contribution is -2.39. The molecule has 20 heavy (non-hydrogen) atoms. The number of nitrogens with zero attached hydrogens (tertiary/aromatic N) is 3. The van der Waals surface area contributed by atoms with E-state index in [-0.39, 0.29) is 10.0 Å². The monoisotopic (exact) mass is 315 g/mol. The van der Waals surface area contributed by atoms with Crippen LogP contribution in [0.3, 0.4) is 0 Å². The van der Waals surface area contributed by atoms with E-state index in [4.69, 9.17) is 11.6 Å². The molecule has 2 saturated heterocycles. The number of fused-ring (bicyclic) bond motifs is 2. The van der Waals surface area contributed by atoms with Crippen molar-refractivity contribution in [2.24, 2.45) is 0 Å². The number of aromatic nitrogens is 1. The highest BCUT2D eigenvalue weighted by molar-refractivity contribution is 7.89. The molecule has 1 aromatic heterocycles. The van der Waals surface area contributed by atoms with Gasteiger partial charge in [0.15, 0.2) is 0 Å². The average Bonchev–Trinajstić information content (AvgIpc) is 2.62. The van der Waals surface area contributed by atoms with E-state index >= 15 is 0 Å². The summed E-state index contributed by atoms with van der Waals surface area (Å²) in [7, 11) is -1.37. The maximum absolute atomic E-state index is 12.7. The van der Waals surface area contributed by atoms with Gasteiger partial charge < -0.3 is 0 Å². The van der Waals surface area contributed by atoms with Crippen LogP contribution < -0.4 is 0 Å². The third-order valence-corrected chi connectivity index (χ3v) is 6.51. The lowest BCUT2D eigenvalue weighted by molar-refractivity contribution is 0.246. The fourth-order valence-corrected chi connectivity index (χ4v) is 4.93. The molecular formula is C13H18ClN3O2S. The van der Waals surface area contributed by atoms with Crippen molar-refractivity contribution in [1.82, 2.24) is 14.2 Å². The molecule has 2 unspecified atom stereocenters. The summed E-state index contributed by atoms with van der Waals surface area (Å²) < 4.78 is 27.0. The molecule has 5 nitrogen and oxygen atoms in total. The minimum atomic E-state index is -3.47. The summed E-state index contributed by atoms with van der Waals surface area (Å²) in [5, 5.41) is 0.208. The maximum Gasteiger partial charge on any atom is 0.243 e. The number of hydrogen-bond donors (Lipinski definition) is 0. The Hall–Kier alpha value is -0.690. The van der Waals surface area contributed by atoms with Gasteiger partial charge >= 0.3 is 0 Å². The van der Waals surface area contributed by atoms with Gasteiger partial charge in [-0.15, -0.1) is 0 Å². The zero-order valence-corrected chi connectivity index (χ0v) is 12.9. The van der Waals surface area contributed by atoms with Gasteiger partial charge in [0.05, 0.1) is 4.90 Å². The summed E-state index contributed by atoms with van der Waals surface area (Å²) in [6.45, 7) is 1.14. The Kier molecular flexibility index (Phi) is 3.75. The minimum absolute atomic E-state index is 0.208. The lowest BCUT2D eigenvalue weighted by atomic mass is 10.1. The number of halogens is 1. The predicted octanol–water partition coefficient (Wildman–Crippen LogP) is 1.59. The summed E-state index contributed by atoms with van der Waals surface area (Å²) in [6, 6.07) is 3.77. The Morgan fingerprint density at radius 1 is 1.30 bits per heavy atom. The van der Waals surface area contributed by atoms with Gasteiger partial charge in [-0.3, -0.25) is 4.90 Å². The van der Waals surface area contributed by atoms with E-state index in [1.807, 2.05) is 0 Å². The van der Waals surface area contributed by atoms with Crippen LogP contribution in [-0.2, 0) is 10.0 Å². The van der Waals surface area contributed by atoms with E-state index in [0.717, 1.165) is 12.8 Å². The van der Waals surface area contributed by atoms with E-state index in [1.54, 1.807) is 4.31 Å². The smallest absolute Gasteiger partial charge is 0.243 e. The van der Waals surface area contributed by atoms with Gasteiger partial charge in [-0.05, 0) is 38.4 Å². The summed E-state index contributed by atoms with van der Waals surface area (Å²) >= 11 is 5.81. The summed E-state index contributed by atoms with van der Waals surface area (Å²) in [4.78, 5) is 6.40. The molecular weight excluding hydrogens is 298 g/mol. The third-order valence-electron chi connectivity index (χ3n) is 4.45. The summed E-state index contributed by atoms with van der Waals surface area (Å²) in [5.74, 6) is 0. The number of rotatable bonds is 2. The van der Waals surface area contributed by atoms with Crippen LogP contribution in [0.4, 0.5) is 0 Å². The standard InChI is InChI=1S/C13H18ClN3O2S/c1-16-10-2-3-11(16)9-17(7-5-10)20(18,19)12-4-6-15-13(14)8-12/h4,6,8,10-11H,2-3,5,7,9H2,1H3. The van der Waals surface area contributed by atoms with Gasteiger partial charge in [-0.2, -0.15) is 4.31 Å². The Labute approximate surface area is 124 Å². The second-order valence-electron chi connectivity index (χ2n) is 5.52. The molecule has 0 spiro atoms. The number of hydrogen-bond acceptors (Lipinski definition) is 4. The molecule has 0 N–H and O–H groups in total. The van der Waals surface area contributed by atoms with E-state index in [1.165, 1.54) is 24.8 Å². The van der Waals surface area contributed by atoms with Crippen LogP contribution in [0.25, 0.3) is 0 Å². The van der Waals surface area contributed by atoms with Crippen molar-refractivity contribution >= 4 is 21.6 Å². The fourth-order valence-electron chi connectivity index (χ4n) is 3.19. The Balaban J connectivity index is 1.88. The fraction of sp³-hybridized carbons (Fsp3) is 0.615. The van der Waals surface area contributed by atoms with Crippen LogP contribution >= 0.6 is 11.6 Å². The van der Waals surface area contributed by atoms with Crippen LogP contribution in [-0.4, -0.2) is 54.8 Å². The molecule has 0 saturated carbocycles. The van der Waals surface area contributed by atoms with E-state index in [9.17, 15) is 8.42 Å². The molecule has 0 aliphatic carbocycles. The van der Waals surface area contributed by atoms with Crippen LogP contribution in [0.5, 0.6) is 0 Å². The number of likely N-dealkylation sites (N-methyl/N-ethyl adjacent to an activating group) is 1. The van der Waals surface area contributed by atoms with Crippen LogP contribution in [0.2, 0.25) is 5.15 Å². The van der Waals surface area contributed by atoms with Crippen molar-refractivity contribution in [3.05, 3.63) is 23.5 Å². The van der Waals surface area contributed by atoms with Crippen molar-refractivity contribution in [3.63, 3.8) is 0 Å². The first-order valence-corrected chi connectivity index (χ1v) is 8.64. The molecule has 2 aliphatic rings. The highest BCUT2D eigenvalue weighted by atomic mass is 35.5. The van der Waals surface area contributed by atoms with E-state index in [2.05, 4.69) is 16.9 Å². The molecule has 2 atom stereocenters. The zero-order valence-electron chi connectivity index (χ0n) is 11.4. The van der Waals surface area contributed by atoms with Gasteiger partial charge in [0, 0.05) is 31.4 Å². The lowest BCUT2D eigenvalue weighted by Gasteiger charge is -2.25. The first-order valence-electron chi connectivity index (χ1n) is 6.82. The van der Waals surface area contributed by atoms with E-state index in [0.29, 0.717) is 25.2 Å². The summed E-state index contributed by atoms with van der Waals surface area (Å²) in [5.41, 5.74) is 0. The number of sulfonamides is 1. The number of pyridine rings is 1. The quantitative estimate of drug-likeness (QED) is 0.778. The topological polar surface area (TPSA) is 53.5 Å². The molecule has 1 aromatic rings. The second-order valence-corrected chi connectivity index (χ2v) is 7.84. The molecule has 3 heterocycles. The van der Waals surface area contributed by atoms with Crippen LogP contribution in [0.15, 0.2) is 23.2 Å². The molecule has 3 rings (SSSR count). The van der Waals surface area contributed by atoms with Crippen molar-refractivity contribution in [2.45, 2.75) is 36.2 Å². The molecule has 110 valence electrons. The van der Waals surface area contributed by atoms with Gasteiger partial charge in [-0.25, -0.2) is 13.4 Å². The third kappa shape index (κ3) is 2.45. The molecule has 7 heteroatoms. The Bertz CT molecular complexity index is 607. The summed E-state index contributed by atoms with van der Waals surface area (Å²) in [6.07, 6.45) is 4.58. The Morgan fingerprint density at radius 3 is 2.80 bits per heavy atom. The van der Waals surface area contributed by atoms with Gasteiger partial charge in [0.2, 0.25) is 10.0 Å². The van der Waals surface area contributed by atoms with Gasteiger partial charge in [-0.1, -0.05) is 11.6 Å². The zero-order chi connectivity index (χ0) is 14.3. The molecule has 2 bridgehead atoms.